The van der Waals surface area contributed by atoms with Crippen molar-refractivity contribution >= 4 is 6.29 Å². The van der Waals surface area contributed by atoms with E-state index in [0.717, 1.165) is 25.5 Å². The van der Waals surface area contributed by atoms with E-state index in [-0.39, 0.29) is 0 Å². The Hall–Kier alpha value is -0.370. The maximum absolute atomic E-state index is 9.89. The van der Waals surface area contributed by atoms with Crippen molar-refractivity contribution in [1.29, 1.82) is 0 Å². The number of rotatable bonds is 6. The standard InChI is InChI=1S/C8H16O2/c1-8(10-2)6-4-3-5-7-9/h7-8H,3-6H2,1-2H3. The summed E-state index contributed by atoms with van der Waals surface area (Å²) in [5.74, 6) is 0. The van der Waals surface area contributed by atoms with E-state index >= 15 is 0 Å². The summed E-state index contributed by atoms with van der Waals surface area (Å²) < 4.78 is 5.04. The fraction of sp³-hybridized carbons (Fsp3) is 0.875. The number of hydrogen-bond acceptors (Lipinski definition) is 2. The molecule has 0 radical (unpaired) electrons. The topological polar surface area (TPSA) is 26.3 Å². The van der Waals surface area contributed by atoms with Crippen LogP contribution >= 0.6 is 0 Å². The second kappa shape index (κ2) is 6.75. The first-order valence-electron chi connectivity index (χ1n) is 3.77. The van der Waals surface area contributed by atoms with Gasteiger partial charge in [0, 0.05) is 13.5 Å². The molecule has 0 N–H and O–H groups in total. The average molecular weight is 144 g/mol. The predicted molar refractivity (Wildman–Crippen MR) is 41.0 cm³/mol. The zero-order valence-electron chi connectivity index (χ0n) is 6.80. The van der Waals surface area contributed by atoms with Crippen molar-refractivity contribution in [2.75, 3.05) is 7.11 Å². The quantitative estimate of drug-likeness (QED) is 0.419. The fourth-order valence-electron chi connectivity index (χ4n) is 0.777. The van der Waals surface area contributed by atoms with Crippen LogP contribution in [0, 0.1) is 0 Å². The molecule has 0 bridgehead atoms. The molecule has 0 aromatic heterocycles. The van der Waals surface area contributed by atoms with Crippen LogP contribution in [0.5, 0.6) is 0 Å². The third-order valence-electron chi connectivity index (χ3n) is 1.58. The van der Waals surface area contributed by atoms with E-state index in [0.29, 0.717) is 12.5 Å². The molecule has 0 heterocycles. The first-order valence-corrected chi connectivity index (χ1v) is 3.77. The molecule has 0 aliphatic rings. The van der Waals surface area contributed by atoms with Crippen molar-refractivity contribution in [1.82, 2.24) is 0 Å². The average Bonchev–Trinajstić information content (AvgIpc) is 1.98. The van der Waals surface area contributed by atoms with Crippen LogP contribution in [-0.2, 0) is 9.53 Å². The summed E-state index contributed by atoms with van der Waals surface area (Å²) in [6.07, 6.45) is 5.15. The van der Waals surface area contributed by atoms with Gasteiger partial charge in [-0.05, 0) is 19.8 Å². The molecule has 0 aromatic carbocycles. The van der Waals surface area contributed by atoms with Crippen molar-refractivity contribution in [3.05, 3.63) is 0 Å². The molecule has 0 aliphatic carbocycles. The Bertz CT molecular complexity index is 81.3. The number of methoxy groups -OCH3 is 1. The number of carbonyl (C=O) groups excluding carboxylic acids is 1. The third kappa shape index (κ3) is 5.76. The van der Waals surface area contributed by atoms with Gasteiger partial charge < -0.3 is 9.53 Å². The predicted octanol–water partition coefficient (Wildman–Crippen LogP) is 1.78. The molecule has 0 saturated carbocycles. The van der Waals surface area contributed by atoms with Crippen LogP contribution in [0.2, 0.25) is 0 Å². The number of aldehydes is 1. The molecule has 2 nitrogen and oxygen atoms in total. The van der Waals surface area contributed by atoms with E-state index < -0.39 is 0 Å². The molecule has 10 heavy (non-hydrogen) atoms. The van der Waals surface area contributed by atoms with Gasteiger partial charge in [0.05, 0.1) is 6.10 Å². The Morgan fingerprint density at radius 3 is 2.70 bits per heavy atom. The van der Waals surface area contributed by atoms with Crippen LogP contribution in [0.25, 0.3) is 0 Å². The van der Waals surface area contributed by atoms with Crippen LogP contribution in [0.4, 0.5) is 0 Å². The lowest BCUT2D eigenvalue weighted by atomic mass is 10.1. The molecular formula is C8H16O2. The molecule has 0 aromatic rings. The van der Waals surface area contributed by atoms with Gasteiger partial charge in [-0.15, -0.1) is 0 Å². The highest BCUT2D eigenvalue weighted by Gasteiger charge is 1.97. The fourth-order valence-corrected chi connectivity index (χ4v) is 0.777. The Balaban J connectivity index is 2.95. The molecule has 1 atom stereocenters. The van der Waals surface area contributed by atoms with Crippen LogP contribution < -0.4 is 0 Å². The molecule has 1 unspecified atom stereocenters. The second-order valence-corrected chi connectivity index (χ2v) is 2.50. The Kier molecular flexibility index (Phi) is 6.50. The first kappa shape index (κ1) is 9.63. The van der Waals surface area contributed by atoms with Gasteiger partial charge in [-0.1, -0.05) is 6.42 Å². The van der Waals surface area contributed by atoms with E-state index in [9.17, 15) is 4.79 Å². The SMILES string of the molecule is COC(C)CCCCC=O. The van der Waals surface area contributed by atoms with Crippen molar-refractivity contribution in [2.45, 2.75) is 38.7 Å². The summed E-state index contributed by atoms with van der Waals surface area (Å²) in [4.78, 5) is 9.89. The van der Waals surface area contributed by atoms with E-state index in [1.807, 2.05) is 6.92 Å². The smallest absolute Gasteiger partial charge is 0.119 e. The van der Waals surface area contributed by atoms with Gasteiger partial charge in [-0.3, -0.25) is 0 Å². The van der Waals surface area contributed by atoms with Gasteiger partial charge in [0.25, 0.3) is 0 Å². The summed E-state index contributed by atoms with van der Waals surface area (Å²) in [6, 6.07) is 0. The number of ether oxygens (including phenoxy) is 1. The van der Waals surface area contributed by atoms with Crippen molar-refractivity contribution < 1.29 is 9.53 Å². The molecule has 0 fully saturated rings. The van der Waals surface area contributed by atoms with E-state index in [1.54, 1.807) is 7.11 Å². The zero-order valence-corrected chi connectivity index (χ0v) is 6.80. The van der Waals surface area contributed by atoms with Gasteiger partial charge in [0.2, 0.25) is 0 Å². The van der Waals surface area contributed by atoms with Crippen LogP contribution in [0.15, 0.2) is 0 Å². The van der Waals surface area contributed by atoms with Gasteiger partial charge >= 0.3 is 0 Å². The van der Waals surface area contributed by atoms with Crippen molar-refractivity contribution in [3.8, 4) is 0 Å². The van der Waals surface area contributed by atoms with Gasteiger partial charge in [-0.25, -0.2) is 0 Å². The third-order valence-corrected chi connectivity index (χ3v) is 1.58. The van der Waals surface area contributed by atoms with Gasteiger partial charge in [-0.2, -0.15) is 0 Å². The largest absolute Gasteiger partial charge is 0.382 e. The molecule has 0 saturated heterocycles. The zero-order chi connectivity index (χ0) is 7.82. The van der Waals surface area contributed by atoms with Crippen molar-refractivity contribution in [3.63, 3.8) is 0 Å². The Morgan fingerprint density at radius 2 is 2.20 bits per heavy atom. The molecule has 60 valence electrons. The first-order chi connectivity index (χ1) is 4.81. The molecule has 0 aliphatic heterocycles. The summed E-state index contributed by atoms with van der Waals surface area (Å²) in [5.41, 5.74) is 0. The summed E-state index contributed by atoms with van der Waals surface area (Å²) in [6.45, 7) is 2.04. The second-order valence-electron chi connectivity index (χ2n) is 2.50. The Labute approximate surface area is 62.6 Å². The van der Waals surface area contributed by atoms with E-state index in [4.69, 9.17) is 4.74 Å². The lowest BCUT2D eigenvalue weighted by molar-refractivity contribution is -0.107. The lowest BCUT2D eigenvalue weighted by Gasteiger charge is -2.06. The van der Waals surface area contributed by atoms with E-state index in [2.05, 4.69) is 0 Å². The number of unbranched alkanes of at least 4 members (excludes halogenated alkanes) is 2. The Morgan fingerprint density at radius 1 is 1.50 bits per heavy atom. The maximum atomic E-state index is 9.89. The summed E-state index contributed by atoms with van der Waals surface area (Å²) >= 11 is 0. The molecule has 0 spiro atoms. The minimum Gasteiger partial charge on any atom is -0.382 e. The summed E-state index contributed by atoms with van der Waals surface area (Å²) in [5, 5.41) is 0. The van der Waals surface area contributed by atoms with Crippen LogP contribution in [-0.4, -0.2) is 19.5 Å². The molecule has 0 amide bonds. The number of hydrogen-bond donors (Lipinski definition) is 0. The minimum absolute atomic E-state index is 0.339. The molecular weight excluding hydrogens is 128 g/mol. The van der Waals surface area contributed by atoms with Gasteiger partial charge in [0.1, 0.15) is 6.29 Å². The van der Waals surface area contributed by atoms with Crippen LogP contribution in [0.1, 0.15) is 32.6 Å². The van der Waals surface area contributed by atoms with Crippen molar-refractivity contribution in [2.24, 2.45) is 0 Å². The molecule has 0 rings (SSSR count). The molecule has 2 heteroatoms. The van der Waals surface area contributed by atoms with Crippen LogP contribution in [0.3, 0.4) is 0 Å². The normalized spacial score (nSPS) is 13.0. The maximum Gasteiger partial charge on any atom is 0.119 e. The summed E-state index contributed by atoms with van der Waals surface area (Å²) in [7, 11) is 1.71. The minimum atomic E-state index is 0.339. The number of carbonyl (C=O) groups is 1. The lowest BCUT2D eigenvalue weighted by Crippen LogP contribution is -2.03. The highest BCUT2D eigenvalue weighted by atomic mass is 16.5. The van der Waals surface area contributed by atoms with E-state index in [1.165, 1.54) is 0 Å². The van der Waals surface area contributed by atoms with Gasteiger partial charge in [0.15, 0.2) is 0 Å². The monoisotopic (exact) mass is 144 g/mol. The highest BCUT2D eigenvalue weighted by Crippen LogP contribution is 2.03. The highest BCUT2D eigenvalue weighted by molar-refractivity contribution is 5.48.